The van der Waals surface area contributed by atoms with E-state index in [9.17, 15) is 4.39 Å². The molecule has 0 atom stereocenters. The van der Waals surface area contributed by atoms with Gasteiger partial charge in [0.2, 0.25) is 5.95 Å². The van der Waals surface area contributed by atoms with Gasteiger partial charge in [-0.05, 0) is 30.7 Å². The van der Waals surface area contributed by atoms with Crippen LogP contribution >= 0.6 is 11.6 Å². The SMILES string of the molecule is Cc1cccc(Cl)c1Nc1cccc(F)n1. The maximum Gasteiger partial charge on any atom is 0.214 e. The van der Waals surface area contributed by atoms with Crippen LogP contribution in [0, 0.1) is 12.9 Å². The average molecular weight is 237 g/mol. The molecule has 1 aromatic heterocycles. The molecule has 0 aliphatic carbocycles. The number of hydrogen-bond donors (Lipinski definition) is 1. The highest BCUT2D eigenvalue weighted by atomic mass is 35.5. The number of para-hydroxylation sites is 1. The number of nitrogens with one attached hydrogen (secondary N) is 1. The van der Waals surface area contributed by atoms with Gasteiger partial charge in [-0.15, -0.1) is 0 Å². The minimum atomic E-state index is -0.519. The number of halogens is 2. The quantitative estimate of drug-likeness (QED) is 0.800. The van der Waals surface area contributed by atoms with Crippen molar-refractivity contribution in [3.63, 3.8) is 0 Å². The number of benzene rings is 1. The standard InChI is InChI=1S/C12H10ClFN2/c1-8-4-2-5-9(13)12(8)16-11-7-3-6-10(14)15-11/h2-7H,1H3,(H,15,16). The first-order chi connectivity index (χ1) is 7.66. The van der Waals surface area contributed by atoms with Gasteiger partial charge < -0.3 is 5.32 Å². The normalized spacial score (nSPS) is 10.2. The summed E-state index contributed by atoms with van der Waals surface area (Å²) < 4.78 is 12.9. The van der Waals surface area contributed by atoms with Crippen LogP contribution in [0.1, 0.15) is 5.56 Å². The average Bonchev–Trinajstić information content (AvgIpc) is 2.24. The van der Waals surface area contributed by atoms with Gasteiger partial charge in [0.1, 0.15) is 5.82 Å². The fraction of sp³-hybridized carbons (Fsp3) is 0.0833. The molecule has 1 aromatic carbocycles. The zero-order chi connectivity index (χ0) is 11.5. The Morgan fingerprint density at radius 1 is 1.19 bits per heavy atom. The van der Waals surface area contributed by atoms with Gasteiger partial charge in [0.05, 0.1) is 10.7 Å². The summed E-state index contributed by atoms with van der Waals surface area (Å²) in [5.41, 5.74) is 1.74. The fourth-order valence-corrected chi connectivity index (χ4v) is 1.67. The van der Waals surface area contributed by atoms with Crippen LogP contribution < -0.4 is 5.32 Å². The number of aryl methyl sites for hydroxylation is 1. The molecule has 1 heterocycles. The van der Waals surface area contributed by atoms with E-state index in [1.165, 1.54) is 6.07 Å². The number of anilines is 2. The second-order valence-corrected chi connectivity index (χ2v) is 3.81. The summed E-state index contributed by atoms with van der Waals surface area (Å²) in [6, 6.07) is 10.1. The smallest absolute Gasteiger partial charge is 0.214 e. The first-order valence-corrected chi connectivity index (χ1v) is 5.19. The maximum atomic E-state index is 12.9. The molecular formula is C12H10ClFN2. The van der Waals surface area contributed by atoms with Crippen LogP contribution in [0.15, 0.2) is 36.4 Å². The summed E-state index contributed by atoms with van der Waals surface area (Å²) >= 11 is 6.04. The van der Waals surface area contributed by atoms with Crippen molar-refractivity contribution < 1.29 is 4.39 Å². The van der Waals surface area contributed by atoms with E-state index in [4.69, 9.17) is 11.6 Å². The molecule has 4 heteroatoms. The van der Waals surface area contributed by atoms with Crippen LogP contribution in [0.3, 0.4) is 0 Å². The van der Waals surface area contributed by atoms with E-state index in [2.05, 4.69) is 10.3 Å². The maximum absolute atomic E-state index is 12.9. The summed E-state index contributed by atoms with van der Waals surface area (Å²) in [5.74, 6) is -0.0779. The van der Waals surface area contributed by atoms with Crippen molar-refractivity contribution in [2.75, 3.05) is 5.32 Å². The Labute approximate surface area is 98.1 Å². The second kappa shape index (κ2) is 4.49. The van der Waals surface area contributed by atoms with E-state index >= 15 is 0 Å². The Balaban J connectivity index is 2.34. The molecule has 82 valence electrons. The Kier molecular flexibility index (Phi) is 3.06. The van der Waals surface area contributed by atoms with Gasteiger partial charge in [-0.2, -0.15) is 4.39 Å². The number of pyridine rings is 1. The molecule has 0 fully saturated rings. The third kappa shape index (κ3) is 2.31. The summed E-state index contributed by atoms with van der Waals surface area (Å²) in [4.78, 5) is 3.71. The number of nitrogens with zero attached hydrogens (tertiary/aromatic N) is 1. The summed E-state index contributed by atoms with van der Waals surface area (Å²) in [6.45, 7) is 1.92. The van der Waals surface area contributed by atoms with Gasteiger partial charge in [-0.3, -0.25) is 0 Å². The molecule has 0 unspecified atom stereocenters. The lowest BCUT2D eigenvalue weighted by atomic mass is 10.2. The third-order valence-electron chi connectivity index (χ3n) is 2.19. The van der Waals surface area contributed by atoms with E-state index in [1.54, 1.807) is 18.2 Å². The molecule has 2 aromatic rings. The van der Waals surface area contributed by atoms with Gasteiger partial charge in [0, 0.05) is 0 Å². The zero-order valence-electron chi connectivity index (χ0n) is 8.67. The van der Waals surface area contributed by atoms with Crippen LogP contribution in [0.4, 0.5) is 15.9 Å². The molecule has 16 heavy (non-hydrogen) atoms. The van der Waals surface area contributed by atoms with E-state index < -0.39 is 5.95 Å². The highest BCUT2D eigenvalue weighted by Gasteiger charge is 2.04. The molecule has 0 radical (unpaired) electrons. The molecule has 0 saturated carbocycles. The van der Waals surface area contributed by atoms with E-state index in [0.29, 0.717) is 10.8 Å². The Morgan fingerprint density at radius 2 is 1.94 bits per heavy atom. The molecule has 0 amide bonds. The van der Waals surface area contributed by atoms with Crippen molar-refractivity contribution in [2.45, 2.75) is 6.92 Å². The topological polar surface area (TPSA) is 24.9 Å². The largest absolute Gasteiger partial charge is 0.339 e. The summed E-state index contributed by atoms with van der Waals surface area (Å²) in [6.07, 6.45) is 0. The summed E-state index contributed by atoms with van der Waals surface area (Å²) in [5, 5.41) is 3.59. The first-order valence-electron chi connectivity index (χ1n) is 4.81. The molecule has 0 aliphatic rings. The predicted molar refractivity (Wildman–Crippen MR) is 63.7 cm³/mol. The monoisotopic (exact) mass is 236 g/mol. The first kappa shape index (κ1) is 10.9. The Bertz CT molecular complexity index is 494. The van der Waals surface area contributed by atoms with Gasteiger partial charge in [0.25, 0.3) is 0 Å². The summed E-state index contributed by atoms with van der Waals surface area (Å²) in [7, 11) is 0. The van der Waals surface area contributed by atoms with Crippen LogP contribution in [0.5, 0.6) is 0 Å². The van der Waals surface area contributed by atoms with Crippen LogP contribution in [0.2, 0.25) is 5.02 Å². The van der Waals surface area contributed by atoms with Crippen molar-refractivity contribution in [3.05, 3.63) is 52.9 Å². The van der Waals surface area contributed by atoms with Gasteiger partial charge in [0.15, 0.2) is 0 Å². The predicted octanol–water partition coefficient (Wildman–Crippen LogP) is 3.93. The van der Waals surface area contributed by atoms with E-state index in [1.807, 2.05) is 19.1 Å². The Hall–Kier alpha value is -1.61. The van der Waals surface area contributed by atoms with Crippen molar-refractivity contribution in [2.24, 2.45) is 0 Å². The van der Waals surface area contributed by atoms with Gasteiger partial charge >= 0.3 is 0 Å². The number of rotatable bonds is 2. The van der Waals surface area contributed by atoms with Gasteiger partial charge in [-0.1, -0.05) is 29.8 Å². The lowest BCUT2D eigenvalue weighted by Gasteiger charge is -2.10. The highest BCUT2D eigenvalue weighted by Crippen LogP contribution is 2.27. The lowest BCUT2D eigenvalue weighted by Crippen LogP contribution is -1.97. The minimum Gasteiger partial charge on any atom is -0.339 e. The number of hydrogen-bond acceptors (Lipinski definition) is 2. The molecule has 0 saturated heterocycles. The van der Waals surface area contributed by atoms with Crippen molar-refractivity contribution in [1.82, 2.24) is 4.98 Å². The fourth-order valence-electron chi connectivity index (χ4n) is 1.40. The highest BCUT2D eigenvalue weighted by molar-refractivity contribution is 6.33. The van der Waals surface area contributed by atoms with Gasteiger partial charge in [-0.25, -0.2) is 4.98 Å². The number of aromatic nitrogens is 1. The van der Waals surface area contributed by atoms with E-state index in [0.717, 1.165) is 11.3 Å². The third-order valence-corrected chi connectivity index (χ3v) is 2.51. The molecule has 1 N–H and O–H groups in total. The minimum absolute atomic E-state index is 0.441. The van der Waals surface area contributed by atoms with E-state index in [-0.39, 0.29) is 0 Å². The Morgan fingerprint density at radius 3 is 2.62 bits per heavy atom. The molecule has 0 bridgehead atoms. The second-order valence-electron chi connectivity index (χ2n) is 3.40. The van der Waals surface area contributed by atoms with Crippen LogP contribution in [-0.4, -0.2) is 4.98 Å². The molecule has 2 nitrogen and oxygen atoms in total. The lowest BCUT2D eigenvalue weighted by molar-refractivity contribution is 0.585. The van der Waals surface area contributed by atoms with Crippen LogP contribution in [0.25, 0.3) is 0 Å². The van der Waals surface area contributed by atoms with Crippen molar-refractivity contribution in [1.29, 1.82) is 0 Å². The van der Waals surface area contributed by atoms with Crippen molar-refractivity contribution >= 4 is 23.1 Å². The van der Waals surface area contributed by atoms with Crippen LogP contribution in [-0.2, 0) is 0 Å². The zero-order valence-corrected chi connectivity index (χ0v) is 9.42. The molecule has 2 rings (SSSR count). The molecule has 0 spiro atoms. The molecular weight excluding hydrogens is 227 g/mol. The molecule has 0 aliphatic heterocycles. The van der Waals surface area contributed by atoms with Crippen molar-refractivity contribution in [3.8, 4) is 0 Å².